The highest BCUT2D eigenvalue weighted by molar-refractivity contribution is 5.64. The van der Waals surface area contributed by atoms with Gasteiger partial charge in [-0.1, -0.05) is 12.1 Å². The molecular formula is C18H28N2O3. The van der Waals surface area contributed by atoms with Crippen LogP contribution in [0.3, 0.4) is 0 Å². The van der Waals surface area contributed by atoms with Gasteiger partial charge in [0.15, 0.2) is 0 Å². The number of hydrogen-bond donors (Lipinski definition) is 3. The molecule has 23 heavy (non-hydrogen) atoms. The minimum atomic E-state index is -0.915. The highest BCUT2D eigenvalue weighted by Gasteiger charge is 2.21. The van der Waals surface area contributed by atoms with Crippen molar-refractivity contribution in [3.8, 4) is 0 Å². The lowest BCUT2D eigenvalue weighted by atomic mass is 9.91. The summed E-state index contributed by atoms with van der Waals surface area (Å²) in [5.74, 6) is 0. The summed E-state index contributed by atoms with van der Waals surface area (Å²) >= 11 is 0. The molecule has 1 aromatic carbocycles. The molecule has 1 amide bonds. The predicted octanol–water partition coefficient (Wildman–Crippen LogP) is 3.65. The Balaban J connectivity index is 1.71. The summed E-state index contributed by atoms with van der Waals surface area (Å²) in [5.41, 5.74) is 2.48. The van der Waals surface area contributed by atoms with Crippen molar-refractivity contribution in [2.45, 2.75) is 57.5 Å². The molecule has 5 heteroatoms. The van der Waals surface area contributed by atoms with Crippen LogP contribution in [0, 0.1) is 0 Å². The molecule has 0 radical (unpaired) electrons. The van der Waals surface area contributed by atoms with E-state index in [2.05, 4.69) is 34.9 Å². The fourth-order valence-corrected chi connectivity index (χ4v) is 3.08. The molecule has 5 nitrogen and oxygen atoms in total. The number of aryl methyl sites for hydroxylation is 1. The molecule has 1 aromatic rings. The zero-order valence-electron chi connectivity index (χ0n) is 13.9. The van der Waals surface area contributed by atoms with Gasteiger partial charge in [-0.2, -0.15) is 0 Å². The van der Waals surface area contributed by atoms with E-state index in [0.717, 1.165) is 57.4 Å². The molecule has 128 valence electrons. The van der Waals surface area contributed by atoms with Crippen LogP contribution in [0.2, 0.25) is 0 Å². The van der Waals surface area contributed by atoms with Crippen molar-refractivity contribution in [1.29, 1.82) is 0 Å². The fourth-order valence-electron chi connectivity index (χ4n) is 3.08. The van der Waals surface area contributed by atoms with Crippen molar-refractivity contribution >= 4 is 11.8 Å². The second-order valence-corrected chi connectivity index (χ2v) is 6.14. The highest BCUT2D eigenvalue weighted by Crippen LogP contribution is 2.22. The smallest absolute Gasteiger partial charge is 0.404 e. The third-order valence-corrected chi connectivity index (χ3v) is 4.34. The molecule has 3 N–H and O–H groups in total. The summed E-state index contributed by atoms with van der Waals surface area (Å²) < 4.78 is 5.36. The first-order chi connectivity index (χ1) is 11.2. The Morgan fingerprint density at radius 3 is 2.43 bits per heavy atom. The number of ether oxygens (including phenoxy) is 1. The zero-order valence-corrected chi connectivity index (χ0v) is 13.9. The number of carbonyl (C=O) groups is 1. The number of hydrogen-bond acceptors (Lipinski definition) is 3. The monoisotopic (exact) mass is 320 g/mol. The van der Waals surface area contributed by atoms with Gasteiger partial charge in [-0.05, 0) is 63.1 Å². The van der Waals surface area contributed by atoms with E-state index in [1.54, 1.807) is 0 Å². The van der Waals surface area contributed by atoms with Gasteiger partial charge in [-0.25, -0.2) is 4.79 Å². The Kier molecular flexibility index (Phi) is 7.20. The van der Waals surface area contributed by atoms with E-state index < -0.39 is 6.09 Å². The fraction of sp³-hybridized carbons (Fsp3) is 0.611. The molecule has 0 aromatic heterocycles. The van der Waals surface area contributed by atoms with Crippen LogP contribution < -0.4 is 10.6 Å². The average Bonchev–Trinajstić information content (AvgIpc) is 2.54. The van der Waals surface area contributed by atoms with Crippen LogP contribution in [0.1, 0.15) is 44.6 Å². The second kappa shape index (κ2) is 9.40. The van der Waals surface area contributed by atoms with Crippen LogP contribution in [0.5, 0.6) is 0 Å². The van der Waals surface area contributed by atoms with Crippen LogP contribution in [-0.2, 0) is 11.2 Å². The number of rotatable bonds is 8. The van der Waals surface area contributed by atoms with Crippen LogP contribution in [0.25, 0.3) is 0 Å². The first-order valence-corrected chi connectivity index (χ1v) is 8.60. The quantitative estimate of drug-likeness (QED) is 0.640. The SMILES string of the molecule is CCOCCCc1ccc(NC2CCC(NC(=O)O)CC2)cc1. The molecule has 1 saturated carbocycles. The molecule has 0 atom stereocenters. The molecular weight excluding hydrogens is 292 g/mol. The van der Waals surface area contributed by atoms with E-state index in [9.17, 15) is 4.79 Å². The molecule has 2 rings (SSSR count). The molecule has 1 aliphatic carbocycles. The van der Waals surface area contributed by atoms with Gasteiger partial charge >= 0.3 is 6.09 Å². The van der Waals surface area contributed by atoms with Crippen LogP contribution in [-0.4, -0.2) is 36.5 Å². The Hall–Kier alpha value is -1.75. The standard InChI is InChI=1S/C18H28N2O3/c1-2-23-13-3-4-14-5-7-15(8-6-14)19-16-9-11-17(12-10-16)20-18(21)22/h5-8,16-17,19-20H,2-4,9-13H2,1H3,(H,21,22). The Morgan fingerprint density at radius 1 is 1.17 bits per heavy atom. The Morgan fingerprint density at radius 2 is 1.83 bits per heavy atom. The van der Waals surface area contributed by atoms with Gasteiger partial charge in [0.25, 0.3) is 0 Å². The summed E-state index contributed by atoms with van der Waals surface area (Å²) in [6.07, 6.45) is 5.00. The minimum Gasteiger partial charge on any atom is -0.465 e. The topological polar surface area (TPSA) is 70.6 Å². The van der Waals surface area contributed by atoms with Crippen LogP contribution >= 0.6 is 0 Å². The molecule has 1 fully saturated rings. The second-order valence-electron chi connectivity index (χ2n) is 6.14. The first-order valence-electron chi connectivity index (χ1n) is 8.60. The lowest BCUT2D eigenvalue weighted by Gasteiger charge is -2.29. The van der Waals surface area contributed by atoms with E-state index in [0.29, 0.717) is 6.04 Å². The van der Waals surface area contributed by atoms with Gasteiger partial charge in [-0.3, -0.25) is 0 Å². The largest absolute Gasteiger partial charge is 0.465 e. The number of benzene rings is 1. The number of nitrogens with one attached hydrogen (secondary N) is 2. The maximum atomic E-state index is 10.6. The van der Waals surface area contributed by atoms with E-state index in [4.69, 9.17) is 9.84 Å². The van der Waals surface area contributed by atoms with E-state index in [-0.39, 0.29) is 6.04 Å². The Labute approximate surface area is 138 Å². The van der Waals surface area contributed by atoms with E-state index in [1.165, 1.54) is 5.56 Å². The minimum absolute atomic E-state index is 0.110. The normalized spacial score (nSPS) is 20.9. The molecule has 0 heterocycles. The summed E-state index contributed by atoms with van der Waals surface area (Å²) in [6.45, 7) is 3.63. The van der Waals surface area contributed by atoms with Gasteiger partial charge < -0.3 is 20.5 Å². The maximum absolute atomic E-state index is 10.6. The third kappa shape index (κ3) is 6.48. The summed E-state index contributed by atoms with van der Waals surface area (Å²) in [6, 6.07) is 9.16. The molecule has 0 saturated heterocycles. The summed E-state index contributed by atoms with van der Waals surface area (Å²) in [5, 5.41) is 14.9. The van der Waals surface area contributed by atoms with Crippen molar-refractivity contribution < 1.29 is 14.6 Å². The number of amides is 1. The van der Waals surface area contributed by atoms with Gasteiger partial charge in [0.2, 0.25) is 0 Å². The average molecular weight is 320 g/mol. The van der Waals surface area contributed by atoms with Crippen LogP contribution in [0.15, 0.2) is 24.3 Å². The van der Waals surface area contributed by atoms with Crippen molar-refractivity contribution in [2.75, 3.05) is 18.5 Å². The summed E-state index contributed by atoms with van der Waals surface area (Å²) in [4.78, 5) is 10.6. The number of carboxylic acid groups (broad SMARTS) is 1. The maximum Gasteiger partial charge on any atom is 0.404 e. The molecule has 0 unspecified atom stereocenters. The van der Waals surface area contributed by atoms with Crippen molar-refractivity contribution in [3.63, 3.8) is 0 Å². The summed E-state index contributed by atoms with van der Waals surface area (Å²) in [7, 11) is 0. The molecule has 0 bridgehead atoms. The van der Waals surface area contributed by atoms with Crippen molar-refractivity contribution in [2.24, 2.45) is 0 Å². The lowest BCUT2D eigenvalue weighted by Crippen LogP contribution is -2.39. The molecule has 0 spiro atoms. The predicted molar refractivity (Wildman–Crippen MR) is 92.1 cm³/mol. The van der Waals surface area contributed by atoms with Crippen molar-refractivity contribution in [3.05, 3.63) is 29.8 Å². The van der Waals surface area contributed by atoms with E-state index in [1.807, 2.05) is 6.92 Å². The molecule has 1 aliphatic rings. The number of anilines is 1. The van der Waals surface area contributed by atoms with E-state index >= 15 is 0 Å². The Bertz CT molecular complexity index is 468. The van der Waals surface area contributed by atoms with Gasteiger partial charge in [0.05, 0.1) is 0 Å². The van der Waals surface area contributed by atoms with Gasteiger partial charge in [-0.15, -0.1) is 0 Å². The van der Waals surface area contributed by atoms with Gasteiger partial charge in [0.1, 0.15) is 0 Å². The van der Waals surface area contributed by atoms with Gasteiger partial charge in [0, 0.05) is 31.0 Å². The zero-order chi connectivity index (χ0) is 16.5. The lowest BCUT2D eigenvalue weighted by molar-refractivity contribution is 0.145. The van der Waals surface area contributed by atoms with Crippen molar-refractivity contribution in [1.82, 2.24) is 5.32 Å². The van der Waals surface area contributed by atoms with Crippen LogP contribution in [0.4, 0.5) is 10.5 Å². The highest BCUT2D eigenvalue weighted by atomic mass is 16.5. The first kappa shape index (κ1) is 17.6. The third-order valence-electron chi connectivity index (χ3n) is 4.34. The molecule has 0 aliphatic heterocycles.